The topological polar surface area (TPSA) is 61.8 Å². The van der Waals surface area contributed by atoms with Crippen LogP contribution in [-0.2, 0) is 9.59 Å². The van der Waals surface area contributed by atoms with E-state index in [-0.39, 0.29) is 36.2 Å². The fourth-order valence-electron chi connectivity index (χ4n) is 3.54. The molecule has 1 atom stereocenters. The fourth-order valence-corrected chi connectivity index (χ4v) is 3.54. The van der Waals surface area contributed by atoms with Gasteiger partial charge >= 0.3 is 0 Å². The third-order valence-electron chi connectivity index (χ3n) is 4.58. The van der Waals surface area contributed by atoms with E-state index in [1.54, 1.807) is 4.90 Å². The zero-order chi connectivity index (χ0) is 15.9. The van der Waals surface area contributed by atoms with Gasteiger partial charge in [0.15, 0.2) is 0 Å². The minimum Gasteiger partial charge on any atom is -0.345 e. The number of piperazine rings is 1. The molecule has 2 aliphatic rings. The highest BCUT2D eigenvalue weighted by Gasteiger charge is 2.55. The van der Waals surface area contributed by atoms with Crippen LogP contribution in [0.5, 0.6) is 0 Å². The Hall–Kier alpha value is -1.39. The number of carbonyl (C=O) groups excluding carboxylic acids is 2. The molecule has 1 fully saturated rings. The number of nitrogens with zero attached hydrogens (tertiary/aromatic N) is 2. The monoisotopic (exact) mass is 293 g/mol. The Balaban J connectivity index is 2.45. The first-order valence-corrected chi connectivity index (χ1v) is 7.91. The summed E-state index contributed by atoms with van der Waals surface area (Å²) in [4.78, 5) is 31.4. The molecule has 0 saturated carbocycles. The summed E-state index contributed by atoms with van der Waals surface area (Å²) in [6, 6.07) is -0.144. The molecule has 0 aromatic heterocycles. The average Bonchev–Trinajstić information content (AvgIpc) is 2.64. The Morgan fingerprint density at radius 2 is 1.76 bits per heavy atom. The maximum atomic E-state index is 13.0. The zero-order valence-corrected chi connectivity index (χ0v) is 13.9. The third kappa shape index (κ3) is 2.47. The van der Waals surface area contributed by atoms with E-state index in [0.717, 1.165) is 12.3 Å². The van der Waals surface area contributed by atoms with Gasteiger partial charge in [0.2, 0.25) is 5.91 Å². The van der Waals surface area contributed by atoms with E-state index in [1.165, 1.54) is 0 Å². The van der Waals surface area contributed by atoms with Crippen molar-refractivity contribution in [3.05, 3.63) is 0 Å². The number of nitrogens with one attached hydrogen (secondary N) is 1. The van der Waals surface area contributed by atoms with Gasteiger partial charge in [-0.1, -0.05) is 41.5 Å². The van der Waals surface area contributed by atoms with Crippen LogP contribution in [0.3, 0.4) is 0 Å². The summed E-state index contributed by atoms with van der Waals surface area (Å²) in [5.41, 5.74) is -0.725. The van der Waals surface area contributed by atoms with Gasteiger partial charge in [0, 0.05) is 0 Å². The summed E-state index contributed by atoms with van der Waals surface area (Å²) >= 11 is 0. The summed E-state index contributed by atoms with van der Waals surface area (Å²) < 4.78 is 0. The van der Waals surface area contributed by atoms with Gasteiger partial charge in [-0.05, 0) is 24.2 Å². The molecule has 2 rings (SSSR count). The molecule has 0 radical (unpaired) electrons. The summed E-state index contributed by atoms with van der Waals surface area (Å²) in [7, 11) is 0. The van der Waals surface area contributed by atoms with Crippen molar-refractivity contribution in [2.45, 2.75) is 59.5 Å². The first kappa shape index (κ1) is 16.0. The van der Waals surface area contributed by atoms with Crippen LogP contribution in [0.15, 0.2) is 4.99 Å². The SMILES string of the molecule is CC(C)CC1NC(=O)CN2C(=O)C(C(C)C)(C(C)C)N=C12. The smallest absolute Gasteiger partial charge is 0.256 e. The molecular formula is C16H27N3O2. The minimum atomic E-state index is -0.725. The molecule has 1 unspecified atom stereocenters. The number of rotatable bonds is 4. The first-order valence-electron chi connectivity index (χ1n) is 7.91. The Morgan fingerprint density at radius 3 is 2.24 bits per heavy atom. The molecule has 21 heavy (non-hydrogen) atoms. The lowest BCUT2D eigenvalue weighted by atomic mass is 9.77. The Bertz CT molecular complexity index is 472. The fraction of sp³-hybridized carbons (Fsp3) is 0.812. The summed E-state index contributed by atoms with van der Waals surface area (Å²) in [5, 5.41) is 2.99. The normalized spacial score (nSPS) is 24.7. The van der Waals surface area contributed by atoms with E-state index in [1.807, 2.05) is 27.7 Å². The summed E-state index contributed by atoms with van der Waals surface area (Å²) in [6.45, 7) is 12.5. The van der Waals surface area contributed by atoms with Gasteiger partial charge in [-0.3, -0.25) is 19.5 Å². The number of aliphatic imine (C=N–C) groups is 1. The number of carbonyl (C=O) groups is 2. The number of amidine groups is 1. The van der Waals surface area contributed by atoms with Gasteiger partial charge in [-0.15, -0.1) is 0 Å². The third-order valence-corrected chi connectivity index (χ3v) is 4.58. The van der Waals surface area contributed by atoms with Crippen LogP contribution in [0.4, 0.5) is 0 Å². The molecule has 2 aliphatic heterocycles. The molecule has 0 aliphatic carbocycles. The van der Waals surface area contributed by atoms with Gasteiger partial charge in [-0.2, -0.15) is 0 Å². The first-order chi connectivity index (χ1) is 9.70. The summed E-state index contributed by atoms with van der Waals surface area (Å²) in [5.74, 6) is 1.31. The maximum absolute atomic E-state index is 13.0. The Kier molecular flexibility index (Phi) is 4.13. The van der Waals surface area contributed by atoms with Crippen LogP contribution in [0.2, 0.25) is 0 Å². The van der Waals surface area contributed by atoms with Crippen LogP contribution in [0.25, 0.3) is 0 Å². The molecule has 0 aromatic carbocycles. The van der Waals surface area contributed by atoms with Gasteiger partial charge in [0.25, 0.3) is 5.91 Å². The van der Waals surface area contributed by atoms with Crippen molar-refractivity contribution in [3.63, 3.8) is 0 Å². The van der Waals surface area contributed by atoms with E-state index in [2.05, 4.69) is 19.2 Å². The Labute approximate surface area is 127 Å². The number of hydrogen-bond acceptors (Lipinski definition) is 3. The molecule has 1 saturated heterocycles. The Morgan fingerprint density at radius 1 is 1.19 bits per heavy atom. The molecule has 5 nitrogen and oxygen atoms in total. The van der Waals surface area contributed by atoms with Gasteiger partial charge in [0.05, 0.1) is 6.04 Å². The number of amides is 2. The molecule has 2 amide bonds. The number of hydrogen-bond donors (Lipinski definition) is 1. The molecular weight excluding hydrogens is 266 g/mol. The zero-order valence-electron chi connectivity index (χ0n) is 13.9. The standard InChI is InChI=1S/C16H27N3O2/c1-9(2)7-12-14-18-16(10(3)4,11(5)6)15(21)19(14)8-13(20)17-12/h9-12H,7-8H2,1-6H3,(H,17,20). The largest absolute Gasteiger partial charge is 0.345 e. The molecule has 2 heterocycles. The quantitative estimate of drug-likeness (QED) is 0.859. The highest BCUT2D eigenvalue weighted by molar-refractivity contribution is 6.14. The molecule has 0 spiro atoms. The second-order valence-electron chi connectivity index (χ2n) is 7.25. The highest BCUT2D eigenvalue weighted by Crippen LogP contribution is 2.38. The van der Waals surface area contributed by atoms with Crippen LogP contribution in [-0.4, -0.2) is 40.7 Å². The van der Waals surface area contributed by atoms with Crippen LogP contribution in [0, 0.1) is 17.8 Å². The van der Waals surface area contributed by atoms with Crippen molar-refractivity contribution in [3.8, 4) is 0 Å². The van der Waals surface area contributed by atoms with Crippen LogP contribution in [0.1, 0.15) is 48.0 Å². The lowest BCUT2D eigenvalue weighted by Crippen LogP contribution is -2.59. The van der Waals surface area contributed by atoms with Crippen molar-refractivity contribution in [1.82, 2.24) is 10.2 Å². The molecule has 0 bridgehead atoms. The highest BCUT2D eigenvalue weighted by atomic mass is 16.2. The second kappa shape index (κ2) is 5.43. The van der Waals surface area contributed by atoms with Gasteiger partial charge in [0.1, 0.15) is 17.9 Å². The van der Waals surface area contributed by atoms with E-state index in [9.17, 15) is 9.59 Å². The molecule has 5 heteroatoms. The van der Waals surface area contributed by atoms with Crippen LogP contribution < -0.4 is 5.32 Å². The van der Waals surface area contributed by atoms with E-state index in [4.69, 9.17) is 4.99 Å². The van der Waals surface area contributed by atoms with E-state index >= 15 is 0 Å². The van der Waals surface area contributed by atoms with Crippen molar-refractivity contribution < 1.29 is 9.59 Å². The van der Waals surface area contributed by atoms with Crippen molar-refractivity contribution in [2.24, 2.45) is 22.7 Å². The molecule has 118 valence electrons. The lowest BCUT2D eigenvalue weighted by molar-refractivity contribution is -0.138. The van der Waals surface area contributed by atoms with Crippen molar-refractivity contribution in [1.29, 1.82) is 0 Å². The second-order valence-corrected chi connectivity index (χ2v) is 7.25. The molecule has 1 N–H and O–H groups in total. The van der Waals surface area contributed by atoms with Crippen LogP contribution >= 0.6 is 0 Å². The van der Waals surface area contributed by atoms with Crippen molar-refractivity contribution >= 4 is 17.6 Å². The van der Waals surface area contributed by atoms with Gasteiger partial charge < -0.3 is 5.32 Å². The average molecular weight is 293 g/mol. The van der Waals surface area contributed by atoms with E-state index < -0.39 is 5.54 Å². The summed E-state index contributed by atoms with van der Waals surface area (Å²) in [6.07, 6.45) is 0.806. The predicted molar refractivity (Wildman–Crippen MR) is 82.9 cm³/mol. The number of fused-ring (bicyclic) bond motifs is 1. The maximum Gasteiger partial charge on any atom is 0.256 e. The predicted octanol–water partition coefficient (Wildman–Crippen LogP) is 1.82. The molecule has 0 aromatic rings. The van der Waals surface area contributed by atoms with E-state index in [0.29, 0.717) is 5.92 Å². The minimum absolute atomic E-state index is 0.00824. The lowest BCUT2D eigenvalue weighted by Gasteiger charge is -2.34. The van der Waals surface area contributed by atoms with Gasteiger partial charge in [-0.25, -0.2) is 0 Å². The van der Waals surface area contributed by atoms with Crippen molar-refractivity contribution in [2.75, 3.05) is 6.54 Å².